The number of likely N-dealkylation sites (N-methyl/N-ethyl adjacent to an activating group) is 1. The quantitative estimate of drug-likeness (QED) is 0.583. The van der Waals surface area contributed by atoms with Crippen LogP contribution in [0.15, 0.2) is 35.3 Å². The van der Waals surface area contributed by atoms with Crippen molar-refractivity contribution >= 4 is 18.1 Å². The number of hydrogen-bond acceptors (Lipinski definition) is 5. The van der Waals surface area contributed by atoms with Crippen LogP contribution in [0.1, 0.15) is 60.1 Å². The molecule has 0 aliphatic carbocycles. The van der Waals surface area contributed by atoms with Crippen LogP contribution in [0.2, 0.25) is 0 Å². The molecule has 8 nitrogen and oxygen atoms in total. The molecule has 2 N–H and O–H groups in total. The van der Waals surface area contributed by atoms with E-state index in [9.17, 15) is 14.7 Å². The smallest absolute Gasteiger partial charge is 0.437 e. The van der Waals surface area contributed by atoms with E-state index in [4.69, 9.17) is 9.47 Å². The van der Waals surface area contributed by atoms with E-state index in [-0.39, 0.29) is 5.96 Å². The molecular formula is C21H33N3O5. The lowest BCUT2D eigenvalue weighted by molar-refractivity contribution is 0.0541. The first kappa shape index (κ1) is 24.4. The maximum absolute atomic E-state index is 12.2. The Hall–Kier alpha value is -2.61. The van der Waals surface area contributed by atoms with Crippen molar-refractivity contribution < 1.29 is 24.2 Å². The number of carbonyl (C=O) groups is 2. The molecule has 8 heteroatoms. The van der Waals surface area contributed by atoms with Gasteiger partial charge in [-0.3, -0.25) is 5.32 Å². The molecule has 0 aliphatic rings. The second-order valence-corrected chi connectivity index (χ2v) is 8.75. The van der Waals surface area contributed by atoms with Crippen molar-refractivity contribution in [2.75, 3.05) is 7.05 Å². The fourth-order valence-electron chi connectivity index (χ4n) is 2.29. The zero-order chi connectivity index (χ0) is 22.4. The van der Waals surface area contributed by atoms with Crippen LogP contribution >= 0.6 is 0 Å². The molecule has 2 atom stereocenters. The standard InChI is InChI=1S/C21H33N3O5/c1-14(16(25)15-12-10-9-11-13-15)24(8)17(22-18(26)28-20(2,3)4)23-19(27)29-21(5,6)7/h9-14,16,25H,1-8H3,(H,22,23,26,27)/t14-,16-/m0/s1. The number of nitrogens with zero attached hydrogens (tertiary/aromatic N) is 2. The van der Waals surface area contributed by atoms with Gasteiger partial charge < -0.3 is 19.5 Å². The third-order valence-corrected chi connectivity index (χ3v) is 3.75. The maximum atomic E-state index is 12.2. The van der Waals surface area contributed by atoms with E-state index >= 15 is 0 Å². The van der Waals surface area contributed by atoms with Gasteiger partial charge in [-0.2, -0.15) is 0 Å². The van der Waals surface area contributed by atoms with Crippen LogP contribution in [0.4, 0.5) is 9.59 Å². The number of ether oxygens (including phenoxy) is 2. The molecule has 1 aromatic rings. The first-order chi connectivity index (χ1) is 13.2. The van der Waals surface area contributed by atoms with E-state index in [1.54, 1.807) is 67.6 Å². The third-order valence-electron chi connectivity index (χ3n) is 3.75. The zero-order valence-electron chi connectivity index (χ0n) is 18.5. The summed E-state index contributed by atoms with van der Waals surface area (Å²) < 4.78 is 10.5. The summed E-state index contributed by atoms with van der Waals surface area (Å²) in [6.45, 7) is 12.1. The van der Waals surface area contributed by atoms with Gasteiger partial charge in [-0.05, 0) is 54.0 Å². The van der Waals surface area contributed by atoms with Gasteiger partial charge in [-0.1, -0.05) is 30.3 Å². The number of alkyl carbamates (subject to hydrolysis) is 1. The molecule has 0 radical (unpaired) electrons. The highest BCUT2D eigenvalue weighted by Crippen LogP contribution is 2.20. The van der Waals surface area contributed by atoms with Crippen LogP contribution in [-0.2, 0) is 9.47 Å². The molecule has 0 fully saturated rings. The van der Waals surface area contributed by atoms with E-state index in [0.29, 0.717) is 5.56 Å². The highest BCUT2D eigenvalue weighted by atomic mass is 16.6. The van der Waals surface area contributed by atoms with E-state index in [2.05, 4.69) is 10.3 Å². The summed E-state index contributed by atoms with van der Waals surface area (Å²) in [6, 6.07) is 8.56. The largest absolute Gasteiger partial charge is 0.444 e. The molecule has 2 amide bonds. The topological polar surface area (TPSA) is 100 Å². The van der Waals surface area contributed by atoms with Crippen molar-refractivity contribution in [1.82, 2.24) is 10.2 Å². The van der Waals surface area contributed by atoms with Gasteiger partial charge in [0.1, 0.15) is 11.2 Å². The minimum Gasteiger partial charge on any atom is -0.444 e. The summed E-state index contributed by atoms with van der Waals surface area (Å²) in [5.74, 6) is -0.0871. The number of aliphatic imine (C=N–C) groups is 1. The monoisotopic (exact) mass is 407 g/mol. The molecule has 0 saturated heterocycles. The number of hydrogen-bond donors (Lipinski definition) is 2. The number of benzene rings is 1. The van der Waals surface area contributed by atoms with E-state index in [1.807, 2.05) is 18.2 Å². The van der Waals surface area contributed by atoms with Crippen molar-refractivity contribution in [2.24, 2.45) is 4.99 Å². The first-order valence-corrected chi connectivity index (χ1v) is 9.47. The van der Waals surface area contributed by atoms with Crippen LogP contribution in [0.3, 0.4) is 0 Å². The lowest BCUT2D eigenvalue weighted by Gasteiger charge is -2.32. The third kappa shape index (κ3) is 8.95. The zero-order valence-corrected chi connectivity index (χ0v) is 18.5. The van der Waals surface area contributed by atoms with Gasteiger partial charge >= 0.3 is 12.2 Å². The van der Waals surface area contributed by atoms with Crippen molar-refractivity contribution in [2.45, 2.75) is 71.8 Å². The van der Waals surface area contributed by atoms with Crippen LogP contribution in [0, 0.1) is 0 Å². The molecule has 0 unspecified atom stereocenters. The van der Waals surface area contributed by atoms with Gasteiger partial charge in [0.15, 0.2) is 0 Å². The minimum absolute atomic E-state index is 0.0871. The van der Waals surface area contributed by atoms with Crippen molar-refractivity contribution in [3.63, 3.8) is 0 Å². The van der Waals surface area contributed by atoms with Gasteiger partial charge in [-0.25, -0.2) is 9.59 Å². The molecule has 1 aromatic carbocycles. The number of carbonyl (C=O) groups excluding carboxylic acids is 2. The van der Waals surface area contributed by atoms with E-state index in [0.717, 1.165) is 0 Å². The molecule has 0 aliphatic heterocycles. The Kier molecular flexibility index (Phi) is 8.20. The van der Waals surface area contributed by atoms with Gasteiger partial charge in [-0.15, -0.1) is 4.99 Å². The highest BCUT2D eigenvalue weighted by Gasteiger charge is 2.27. The Labute approximate surface area is 172 Å². The molecule has 29 heavy (non-hydrogen) atoms. The van der Waals surface area contributed by atoms with Crippen molar-refractivity contribution in [3.8, 4) is 0 Å². The summed E-state index contributed by atoms with van der Waals surface area (Å²) in [6.07, 6.45) is -2.52. The molecule has 162 valence electrons. The lowest BCUT2D eigenvalue weighted by Crippen LogP contribution is -2.49. The number of guanidine groups is 1. The van der Waals surface area contributed by atoms with Gasteiger partial charge in [0, 0.05) is 7.05 Å². The predicted octanol–water partition coefficient (Wildman–Crippen LogP) is 3.86. The predicted molar refractivity (Wildman–Crippen MR) is 112 cm³/mol. The highest BCUT2D eigenvalue weighted by molar-refractivity contribution is 5.99. The Balaban J connectivity index is 3.10. The number of aliphatic hydroxyl groups is 1. The molecular weight excluding hydrogens is 374 g/mol. The van der Waals surface area contributed by atoms with Crippen LogP contribution in [0.25, 0.3) is 0 Å². The Morgan fingerprint density at radius 2 is 1.55 bits per heavy atom. The number of nitrogens with one attached hydrogen (secondary N) is 1. The maximum Gasteiger partial charge on any atom is 0.437 e. The number of aliphatic hydroxyl groups excluding tert-OH is 1. The fraction of sp³-hybridized carbons (Fsp3) is 0.571. The normalized spacial score (nSPS) is 14.6. The Morgan fingerprint density at radius 1 is 1.03 bits per heavy atom. The van der Waals surface area contributed by atoms with Crippen LogP contribution in [-0.4, -0.2) is 52.4 Å². The molecule has 0 spiro atoms. The fourth-order valence-corrected chi connectivity index (χ4v) is 2.29. The number of amides is 2. The Bertz CT molecular complexity index is 720. The minimum atomic E-state index is -0.884. The average molecular weight is 408 g/mol. The molecule has 0 saturated carbocycles. The molecule has 0 aromatic heterocycles. The average Bonchev–Trinajstić information content (AvgIpc) is 2.56. The molecule has 0 heterocycles. The first-order valence-electron chi connectivity index (χ1n) is 9.47. The summed E-state index contributed by atoms with van der Waals surface area (Å²) in [5.41, 5.74) is -0.777. The van der Waals surface area contributed by atoms with Gasteiger partial charge in [0.2, 0.25) is 5.96 Å². The van der Waals surface area contributed by atoms with E-state index in [1.165, 1.54) is 4.90 Å². The van der Waals surface area contributed by atoms with Gasteiger partial charge in [0.05, 0.1) is 12.1 Å². The SMILES string of the molecule is C[C@@H]([C@H](O)c1ccccc1)N(C)/C(=N/C(=O)OC(C)(C)C)NC(=O)OC(C)(C)C. The summed E-state index contributed by atoms with van der Waals surface area (Å²) >= 11 is 0. The second kappa shape index (κ2) is 9.73. The van der Waals surface area contributed by atoms with E-state index < -0.39 is 35.5 Å². The van der Waals surface area contributed by atoms with Crippen LogP contribution in [0.5, 0.6) is 0 Å². The molecule has 1 rings (SSSR count). The lowest BCUT2D eigenvalue weighted by atomic mass is 10.0. The summed E-state index contributed by atoms with van der Waals surface area (Å²) in [5, 5.41) is 13.2. The molecule has 0 bridgehead atoms. The Morgan fingerprint density at radius 3 is 2.03 bits per heavy atom. The summed E-state index contributed by atoms with van der Waals surface area (Å²) in [4.78, 5) is 29.8. The van der Waals surface area contributed by atoms with Crippen molar-refractivity contribution in [1.29, 1.82) is 0 Å². The van der Waals surface area contributed by atoms with Gasteiger partial charge in [0.25, 0.3) is 0 Å². The second-order valence-electron chi connectivity index (χ2n) is 8.75. The van der Waals surface area contributed by atoms with Crippen molar-refractivity contribution in [3.05, 3.63) is 35.9 Å². The van der Waals surface area contributed by atoms with Crippen LogP contribution < -0.4 is 5.32 Å². The number of rotatable bonds is 3. The summed E-state index contributed by atoms with van der Waals surface area (Å²) in [7, 11) is 1.61.